The zero-order chi connectivity index (χ0) is 28.4. The Balaban J connectivity index is 1.50. The van der Waals surface area contributed by atoms with Crippen LogP contribution in [0.15, 0.2) is 66.0 Å². The molecule has 5 rings (SSSR count). The number of morpholine rings is 1. The third kappa shape index (κ3) is 5.82. The van der Waals surface area contributed by atoms with Crippen LogP contribution in [0.2, 0.25) is 0 Å². The molecule has 0 aliphatic carbocycles. The standard InChI is InChI=1S/C28H26F3N5O4/c1-17-7-8-32-15-22(17)19-3-5-21-23(13-19)33-16-36(27(21)38)20-4-6-25(40-28(29,30)31)24(14-20)34-26(37)18(2)35-9-11-39-12-10-35/h3-8,13-16,18H,9-12H2,1-2H3,(H,34,37). The average Bonchev–Trinajstić information content (AvgIpc) is 2.93. The Bertz CT molecular complexity index is 1620. The van der Waals surface area contributed by atoms with Gasteiger partial charge in [0.15, 0.2) is 5.75 Å². The Morgan fingerprint density at radius 1 is 1.12 bits per heavy atom. The second-order valence-corrected chi connectivity index (χ2v) is 9.38. The van der Waals surface area contributed by atoms with Crippen molar-refractivity contribution in [2.24, 2.45) is 0 Å². The van der Waals surface area contributed by atoms with Crippen molar-refractivity contribution in [1.29, 1.82) is 0 Å². The molecule has 0 bridgehead atoms. The van der Waals surface area contributed by atoms with Crippen LogP contribution < -0.4 is 15.6 Å². The summed E-state index contributed by atoms with van der Waals surface area (Å²) in [4.78, 5) is 36.8. The Hall–Kier alpha value is -4.29. The van der Waals surface area contributed by atoms with Crippen molar-refractivity contribution in [2.45, 2.75) is 26.3 Å². The zero-order valence-corrected chi connectivity index (χ0v) is 21.7. The number of benzene rings is 2. The van der Waals surface area contributed by atoms with Gasteiger partial charge >= 0.3 is 6.36 Å². The van der Waals surface area contributed by atoms with E-state index in [1.165, 1.54) is 23.0 Å². The monoisotopic (exact) mass is 553 g/mol. The molecule has 208 valence electrons. The number of anilines is 1. The summed E-state index contributed by atoms with van der Waals surface area (Å²) in [7, 11) is 0. The van der Waals surface area contributed by atoms with E-state index in [0.717, 1.165) is 22.8 Å². The van der Waals surface area contributed by atoms with Gasteiger partial charge in [0, 0.05) is 31.0 Å². The molecule has 0 spiro atoms. The number of ether oxygens (including phenoxy) is 2. The van der Waals surface area contributed by atoms with Crippen LogP contribution in [-0.2, 0) is 9.53 Å². The SMILES string of the molecule is Cc1ccncc1-c1ccc2c(=O)n(-c3ccc(OC(F)(F)F)c(NC(=O)C(C)N4CCOCC4)c3)cnc2c1. The van der Waals surface area contributed by atoms with Crippen LogP contribution >= 0.6 is 0 Å². The lowest BCUT2D eigenvalue weighted by atomic mass is 10.0. The number of carbonyl (C=O) groups is 1. The number of pyridine rings is 1. The second-order valence-electron chi connectivity index (χ2n) is 9.38. The van der Waals surface area contributed by atoms with Crippen molar-refractivity contribution >= 4 is 22.5 Å². The molecule has 40 heavy (non-hydrogen) atoms. The number of carbonyl (C=O) groups excluding carboxylic acids is 1. The van der Waals surface area contributed by atoms with Gasteiger partial charge in [0.25, 0.3) is 5.56 Å². The number of hydrogen-bond acceptors (Lipinski definition) is 7. The smallest absolute Gasteiger partial charge is 0.404 e. The fraction of sp³-hybridized carbons (Fsp3) is 0.286. The summed E-state index contributed by atoms with van der Waals surface area (Å²) in [5.41, 5.74) is 2.76. The van der Waals surface area contributed by atoms with Crippen molar-refractivity contribution in [3.8, 4) is 22.6 Å². The van der Waals surface area contributed by atoms with Gasteiger partial charge in [-0.3, -0.25) is 24.0 Å². The van der Waals surface area contributed by atoms with E-state index in [4.69, 9.17) is 4.74 Å². The maximum Gasteiger partial charge on any atom is 0.573 e. The number of fused-ring (bicyclic) bond motifs is 1. The molecule has 1 saturated heterocycles. The maximum absolute atomic E-state index is 13.4. The minimum absolute atomic E-state index is 0.204. The third-order valence-corrected chi connectivity index (χ3v) is 6.81. The lowest BCUT2D eigenvalue weighted by molar-refractivity contribution is -0.274. The van der Waals surface area contributed by atoms with Gasteiger partial charge in [0.05, 0.1) is 41.5 Å². The topological polar surface area (TPSA) is 98.6 Å². The van der Waals surface area contributed by atoms with E-state index in [9.17, 15) is 22.8 Å². The zero-order valence-electron chi connectivity index (χ0n) is 21.7. The molecule has 9 nitrogen and oxygen atoms in total. The minimum atomic E-state index is -4.98. The number of aryl methyl sites for hydroxylation is 1. The minimum Gasteiger partial charge on any atom is -0.404 e. The van der Waals surface area contributed by atoms with Gasteiger partial charge in [0.1, 0.15) is 6.33 Å². The summed E-state index contributed by atoms with van der Waals surface area (Å²) < 4.78 is 50.0. The van der Waals surface area contributed by atoms with Crippen molar-refractivity contribution in [3.05, 3.63) is 77.1 Å². The second kappa shape index (κ2) is 11.1. The molecular weight excluding hydrogens is 527 g/mol. The van der Waals surface area contributed by atoms with Crippen molar-refractivity contribution in [3.63, 3.8) is 0 Å². The highest BCUT2D eigenvalue weighted by Crippen LogP contribution is 2.33. The molecule has 12 heteroatoms. The number of aromatic nitrogens is 3. The van der Waals surface area contributed by atoms with E-state index in [1.807, 2.05) is 17.9 Å². The Morgan fingerprint density at radius 3 is 2.62 bits per heavy atom. The van der Waals surface area contributed by atoms with E-state index in [0.29, 0.717) is 37.2 Å². The number of rotatable bonds is 6. The predicted molar refractivity (Wildman–Crippen MR) is 142 cm³/mol. The van der Waals surface area contributed by atoms with Crippen LogP contribution in [-0.4, -0.2) is 64.0 Å². The summed E-state index contributed by atoms with van der Waals surface area (Å²) in [5, 5.41) is 2.85. The molecule has 1 unspecified atom stereocenters. The normalized spacial score (nSPS) is 15.1. The first-order valence-corrected chi connectivity index (χ1v) is 12.6. The summed E-state index contributed by atoms with van der Waals surface area (Å²) in [6.45, 7) is 5.56. The molecule has 1 fully saturated rings. The molecule has 1 atom stereocenters. The number of halogens is 3. The third-order valence-electron chi connectivity index (χ3n) is 6.81. The Morgan fingerprint density at radius 2 is 1.90 bits per heavy atom. The highest BCUT2D eigenvalue weighted by Gasteiger charge is 2.33. The van der Waals surface area contributed by atoms with Gasteiger partial charge in [-0.1, -0.05) is 6.07 Å². The molecule has 1 aliphatic rings. The van der Waals surface area contributed by atoms with Crippen molar-refractivity contribution in [2.75, 3.05) is 31.6 Å². The van der Waals surface area contributed by atoms with Crippen LogP contribution in [0.5, 0.6) is 5.75 Å². The molecule has 1 amide bonds. The van der Waals surface area contributed by atoms with E-state index in [-0.39, 0.29) is 11.4 Å². The van der Waals surface area contributed by atoms with Crippen molar-refractivity contribution in [1.82, 2.24) is 19.4 Å². The fourth-order valence-corrected chi connectivity index (χ4v) is 4.59. The van der Waals surface area contributed by atoms with Gasteiger partial charge in [-0.05, 0) is 61.4 Å². The molecule has 4 aromatic rings. The fourth-order valence-electron chi connectivity index (χ4n) is 4.59. The van der Waals surface area contributed by atoms with Crippen LogP contribution in [0.4, 0.5) is 18.9 Å². The lowest BCUT2D eigenvalue weighted by Gasteiger charge is -2.31. The first kappa shape index (κ1) is 27.3. The van der Waals surface area contributed by atoms with E-state index in [1.54, 1.807) is 37.5 Å². The first-order valence-electron chi connectivity index (χ1n) is 12.6. The molecule has 3 heterocycles. The van der Waals surface area contributed by atoms with Gasteiger partial charge < -0.3 is 14.8 Å². The molecule has 1 aliphatic heterocycles. The average molecular weight is 554 g/mol. The molecule has 0 saturated carbocycles. The Kier molecular flexibility index (Phi) is 7.55. The van der Waals surface area contributed by atoms with Gasteiger partial charge in [-0.15, -0.1) is 13.2 Å². The quantitative estimate of drug-likeness (QED) is 0.380. The summed E-state index contributed by atoms with van der Waals surface area (Å²) >= 11 is 0. The van der Waals surface area contributed by atoms with E-state index >= 15 is 0 Å². The first-order chi connectivity index (χ1) is 19.1. The maximum atomic E-state index is 13.4. The largest absolute Gasteiger partial charge is 0.573 e. The summed E-state index contributed by atoms with van der Waals surface area (Å²) in [6.07, 6.45) is -0.256. The summed E-state index contributed by atoms with van der Waals surface area (Å²) in [6, 6.07) is 10.1. The van der Waals surface area contributed by atoms with Crippen LogP contribution in [0.1, 0.15) is 12.5 Å². The molecule has 2 aromatic heterocycles. The number of alkyl halides is 3. The van der Waals surface area contributed by atoms with Crippen LogP contribution in [0.25, 0.3) is 27.7 Å². The molecular formula is C28H26F3N5O4. The highest BCUT2D eigenvalue weighted by atomic mass is 19.4. The van der Waals surface area contributed by atoms with Crippen molar-refractivity contribution < 1.29 is 27.4 Å². The predicted octanol–water partition coefficient (Wildman–Crippen LogP) is 4.31. The summed E-state index contributed by atoms with van der Waals surface area (Å²) in [5.74, 6) is -1.12. The highest BCUT2D eigenvalue weighted by molar-refractivity contribution is 5.96. The van der Waals surface area contributed by atoms with Gasteiger partial charge in [-0.2, -0.15) is 0 Å². The van der Waals surface area contributed by atoms with Crippen LogP contribution in [0.3, 0.4) is 0 Å². The van der Waals surface area contributed by atoms with Gasteiger partial charge in [-0.25, -0.2) is 4.98 Å². The number of hydrogen-bond donors (Lipinski definition) is 1. The van der Waals surface area contributed by atoms with Gasteiger partial charge in [0.2, 0.25) is 5.91 Å². The van der Waals surface area contributed by atoms with Crippen LogP contribution in [0, 0.1) is 6.92 Å². The number of nitrogens with zero attached hydrogens (tertiary/aromatic N) is 4. The lowest BCUT2D eigenvalue weighted by Crippen LogP contribution is -2.47. The Labute approximate surface area is 227 Å². The molecule has 1 N–H and O–H groups in total. The molecule has 2 aromatic carbocycles. The van der Waals surface area contributed by atoms with E-state index < -0.39 is 29.6 Å². The van der Waals surface area contributed by atoms with E-state index in [2.05, 4.69) is 20.0 Å². The number of nitrogens with one attached hydrogen (secondary N) is 1. The number of amides is 1. The molecule has 0 radical (unpaired) electrons.